The largest absolute Gasteiger partial charge is 0.336 e. The van der Waals surface area contributed by atoms with Gasteiger partial charge in [0.05, 0.1) is 16.2 Å². The molecule has 1 fully saturated rings. The van der Waals surface area contributed by atoms with E-state index >= 15 is 0 Å². The number of anilines is 1. The average Bonchev–Trinajstić information content (AvgIpc) is 3.25. The summed E-state index contributed by atoms with van der Waals surface area (Å²) in [6.07, 6.45) is 1.64. The first kappa shape index (κ1) is 25.0. The summed E-state index contributed by atoms with van der Waals surface area (Å²) in [5, 5.41) is 4.05. The number of nitrogens with zero attached hydrogens (tertiary/aromatic N) is 4. The third kappa shape index (κ3) is 4.97. The number of nitrogens with one attached hydrogen (secondary N) is 1. The van der Waals surface area contributed by atoms with Crippen LogP contribution in [0.3, 0.4) is 0 Å². The van der Waals surface area contributed by atoms with Crippen molar-refractivity contribution >= 4 is 48.3 Å². The summed E-state index contributed by atoms with van der Waals surface area (Å²) in [6, 6.07) is 15.9. The topological polar surface area (TPSA) is 113 Å². The van der Waals surface area contributed by atoms with Crippen LogP contribution in [0.5, 0.6) is 0 Å². The normalized spacial score (nSPS) is 14.6. The Bertz CT molecular complexity index is 1610. The van der Waals surface area contributed by atoms with Crippen LogP contribution in [0, 0.1) is 6.92 Å². The average molecular weight is 536 g/mol. The number of sulfonamides is 1. The van der Waals surface area contributed by atoms with Crippen LogP contribution in [0.25, 0.3) is 21.3 Å². The van der Waals surface area contributed by atoms with Crippen LogP contribution in [-0.2, 0) is 14.8 Å². The molecule has 3 heterocycles. The number of fused-ring (bicyclic) bond motifs is 1. The molecule has 0 unspecified atom stereocenters. The molecule has 1 saturated heterocycles. The van der Waals surface area contributed by atoms with Gasteiger partial charge in [0.1, 0.15) is 10.8 Å². The van der Waals surface area contributed by atoms with Gasteiger partial charge in [-0.1, -0.05) is 30.3 Å². The van der Waals surface area contributed by atoms with E-state index in [2.05, 4.69) is 15.3 Å². The molecule has 0 atom stereocenters. The molecule has 1 N–H and O–H groups in total. The summed E-state index contributed by atoms with van der Waals surface area (Å²) in [7, 11) is -3.77. The van der Waals surface area contributed by atoms with Gasteiger partial charge in [-0.05, 0) is 31.2 Å². The Hall–Kier alpha value is -3.67. The standard InChI is InChI=1S/C26H25N5O4S2/c1-17-27-11-10-22(28-17)19-6-5-7-20(16-19)37(34,35)31-14-12-30(13-15-31)26(33)24-21-8-3-4-9-23(21)36-25(24)29-18(2)32/h3-11,16H,12-15H2,1-2H3,(H,29,32). The molecule has 1 aliphatic rings. The van der Waals surface area contributed by atoms with E-state index in [0.29, 0.717) is 27.6 Å². The summed E-state index contributed by atoms with van der Waals surface area (Å²) >= 11 is 1.35. The molecule has 2 aromatic carbocycles. The first-order valence-corrected chi connectivity index (χ1v) is 14.0. The SMILES string of the molecule is CC(=O)Nc1sc2ccccc2c1C(=O)N1CCN(S(=O)(=O)c2cccc(-c3ccnc(C)n3)c2)CC1. The van der Waals surface area contributed by atoms with Crippen molar-refractivity contribution in [3.63, 3.8) is 0 Å². The molecule has 9 nitrogen and oxygen atoms in total. The fourth-order valence-electron chi connectivity index (χ4n) is 4.38. The van der Waals surface area contributed by atoms with Crippen molar-refractivity contribution in [2.24, 2.45) is 0 Å². The zero-order valence-electron chi connectivity index (χ0n) is 20.3. The van der Waals surface area contributed by atoms with Crippen molar-refractivity contribution in [1.29, 1.82) is 0 Å². The molecule has 0 aliphatic carbocycles. The third-order valence-electron chi connectivity index (χ3n) is 6.17. The van der Waals surface area contributed by atoms with E-state index in [0.717, 1.165) is 10.1 Å². The second-order valence-corrected chi connectivity index (χ2v) is 11.7. The molecule has 2 amide bonds. The molecule has 1 aliphatic heterocycles. The second kappa shape index (κ2) is 10.0. The number of carbonyl (C=O) groups excluding carboxylic acids is 2. The second-order valence-electron chi connectivity index (χ2n) is 8.70. The van der Waals surface area contributed by atoms with Crippen molar-refractivity contribution < 1.29 is 18.0 Å². The summed E-state index contributed by atoms with van der Waals surface area (Å²) in [6.45, 7) is 4.01. The highest BCUT2D eigenvalue weighted by molar-refractivity contribution is 7.89. The first-order valence-electron chi connectivity index (χ1n) is 11.7. The number of hydrogen-bond donors (Lipinski definition) is 1. The molecular weight excluding hydrogens is 510 g/mol. The maximum atomic E-state index is 13.5. The number of amides is 2. The van der Waals surface area contributed by atoms with Crippen molar-refractivity contribution in [1.82, 2.24) is 19.2 Å². The lowest BCUT2D eigenvalue weighted by molar-refractivity contribution is -0.114. The van der Waals surface area contributed by atoms with Crippen LogP contribution in [-0.4, -0.2) is 65.6 Å². The molecule has 37 heavy (non-hydrogen) atoms. The van der Waals surface area contributed by atoms with Crippen LogP contribution >= 0.6 is 11.3 Å². The number of thiophene rings is 1. The van der Waals surface area contributed by atoms with Gasteiger partial charge in [0.25, 0.3) is 5.91 Å². The van der Waals surface area contributed by atoms with Crippen molar-refractivity contribution in [3.8, 4) is 11.3 Å². The Labute approximate surface area is 218 Å². The highest BCUT2D eigenvalue weighted by Gasteiger charge is 2.32. The number of aromatic nitrogens is 2. The van der Waals surface area contributed by atoms with E-state index in [1.807, 2.05) is 30.3 Å². The van der Waals surface area contributed by atoms with Crippen LogP contribution in [0.2, 0.25) is 0 Å². The highest BCUT2D eigenvalue weighted by atomic mass is 32.2. The predicted molar refractivity (Wildman–Crippen MR) is 143 cm³/mol. The minimum Gasteiger partial charge on any atom is -0.336 e. The van der Waals surface area contributed by atoms with Crippen LogP contribution < -0.4 is 5.32 Å². The van der Waals surface area contributed by atoms with Crippen molar-refractivity contribution in [2.45, 2.75) is 18.7 Å². The molecule has 0 spiro atoms. The number of carbonyl (C=O) groups is 2. The first-order chi connectivity index (χ1) is 17.7. The van der Waals surface area contributed by atoms with Gasteiger partial charge in [0, 0.05) is 54.9 Å². The van der Waals surface area contributed by atoms with E-state index < -0.39 is 10.0 Å². The Morgan fingerprint density at radius 2 is 1.76 bits per heavy atom. The number of piperazine rings is 1. The van der Waals surface area contributed by atoms with Gasteiger partial charge >= 0.3 is 0 Å². The fraction of sp³-hybridized carbons (Fsp3) is 0.231. The van der Waals surface area contributed by atoms with E-state index in [1.165, 1.54) is 22.6 Å². The zero-order valence-corrected chi connectivity index (χ0v) is 22.0. The Kier molecular flexibility index (Phi) is 6.76. The molecular formula is C26H25N5O4S2. The van der Waals surface area contributed by atoms with Crippen LogP contribution in [0.4, 0.5) is 5.00 Å². The number of hydrogen-bond acceptors (Lipinski definition) is 7. The molecule has 4 aromatic rings. The Morgan fingerprint density at radius 1 is 1.00 bits per heavy atom. The molecule has 5 rings (SSSR count). The zero-order chi connectivity index (χ0) is 26.2. The maximum Gasteiger partial charge on any atom is 0.257 e. The minimum absolute atomic E-state index is 0.169. The monoisotopic (exact) mass is 535 g/mol. The molecule has 2 aromatic heterocycles. The van der Waals surface area contributed by atoms with Crippen molar-refractivity contribution in [3.05, 3.63) is 72.2 Å². The summed E-state index contributed by atoms with van der Waals surface area (Å²) in [4.78, 5) is 35.6. The summed E-state index contributed by atoms with van der Waals surface area (Å²) < 4.78 is 29.2. The number of aryl methyl sites for hydroxylation is 1. The minimum atomic E-state index is -3.77. The molecule has 0 saturated carbocycles. The van der Waals surface area contributed by atoms with E-state index in [9.17, 15) is 18.0 Å². The fourth-order valence-corrected chi connectivity index (χ4v) is 6.99. The van der Waals surface area contributed by atoms with Gasteiger partial charge in [-0.25, -0.2) is 18.4 Å². The molecule has 0 radical (unpaired) electrons. The smallest absolute Gasteiger partial charge is 0.257 e. The van der Waals surface area contributed by atoms with Gasteiger partial charge in [-0.3, -0.25) is 9.59 Å². The van der Waals surface area contributed by atoms with Crippen LogP contribution in [0.15, 0.2) is 65.7 Å². The molecule has 0 bridgehead atoms. The quantitative estimate of drug-likeness (QED) is 0.416. The Morgan fingerprint density at radius 3 is 2.49 bits per heavy atom. The van der Waals surface area contributed by atoms with E-state index in [1.54, 1.807) is 42.3 Å². The summed E-state index contributed by atoms with van der Waals surface area (Å²) in [5.74, 6) is 0.127. The van der Waals surface area contributed by atoms with E-state index in [4.69, 9.17) is 0 Å². The summed E-state index contributed by atoms with van der Waals surface area (Å²) in [5.41, 5.74) is 1.79. The van der Waals surface area contributed by atoms with E-state index in [-0.39, 0.29) is 42.9 Å². The van der Waals surface area contributed by atoms with Crippen LogP contribution in [0.1, 0.15) is 23.1 Å². The lowest BCUT2D eigenvalue weighted by Gasteiger charge is -2.34. The van der Waals surface area contributed by atoms with Crippen molar-refractivity contribution in [2.75, 3.05) is 31.5 Å². The van der Waals surface area contributed by atoms with Gasteiger partial charge in [-0.15, -0.1) is 11.3 Å². The van der Waals surface area contributed by atoms with Gasteiger partial charge in [0.2, 0.25) is 15.9 Å². The third-order valence-corrected chi connectivity index (χ3v) is 9.15. The molecule has 190 valence electrons. The number of benzene rings is 2. The van der Waals surface area contributed by atoms with Gasteiger partial charge in [0.15, 0.2) is 0 Å². The van der Waals surface area contributed by atoms with Gasteiger partial charge < -0.3 is 10.2 Å². The molecule has 11 heteroatoms. The maximum absolute atomic E-state index is 13.5. The number of rotatable bonds is 5. The lowest BCUT2D eigenvalue weighted by Crippen LogP contribution is -2.50. The Balaban J connectivity index is 1.35. The highest BCUT2D eigenvalue weighted by Crippen LogP contribution is 2.37. The lowest BCUT2D eigenvalue weighted by atomic mass is 10.1. The predicted octanol–water partition coefficient (Wildman–Crippen LogP) is 3.77. The van der Waals surface area contributed by atoms with Gasteiger partial charge in [-0.2, -0.15) is 4.31 Å².